The first-order chi connectivity index (χ1) is 7.83. The maximum atomic E-state index is 11.4. The summed E-state index contributed by atoms with van der Waals surface area (Å²) < 4.78 is 0. The summed E-state index contributed by atoms with van der Waals surface area (Å²) in [6.45, 7) is 1.05. The Morgan fingerprint density at radius 1 is 1.31 bits per heavy atom. The third-order valence-corrected chi connectivity index (χ3v) is 4.38. The van der Waals surface area contributed by atoms with Crippen LogP contribution < -0.4 is 0 Å². The number of rotatable bonds is 4. The summed E-state index contributed by atoms with van der Waals surface area (Å²) in [6, 6.07) is 3.49. The van der Waals surface area contributed by atoms with Crippen LogP contribution in [0, 0.1) is 0 Å². The predicted molar refractivity (Wildman–Crippen MR) is 65.5 cm³/mol. The van der Waals surface area contributed by atoms with Crippen molar-refractivity contribution in [3.05, 3.63) is 22.4 Å². The van der Waals surface area contributed by atoms with Crippen molar-refractivity contribution in [2.45, 2.75) is 50.7 Å². The van der Waals surface area contributed by atoms with Gasteiger partial charge in [0.05, 0.1) is 0 Å². The molecule has 1 aromatic rings. The molecule has 2 aliphatic rings. The van der Waals surface area contributed by atoms with E-state index in [2.05, 4.69) is 21.7 Å². The first-order valence-corrected chi connectivity index (χ1v) is 7.06. The van der Waals surface area contributed by atoms with E-state index < -0.39 is 0 Å². The fourth-order valence-electron chi connectivity index (χ4n) is 2.63. The van der Waals surface area contributed by atoms with Gasteiger partial charge in [-0.15, -0.1) is 0 Å². The Morgan fingerprint density at radius 3 is 2.75 bits per heavy atom. The molecule has 3 heteroatoms. The van der Waals surface area contributed by atoms with Crippen molar-refractivity contribution in [3.8, 4) is 0 Å². The molecule has 2 nitrogen and oxygen atoms in total. The molecule has 0 aromatic carbocycles. The molecule has 0 amide bonds. The molecule has 1 atom stereocenters. The Bertz CT molecular complexity index is 369. The van der Waals surface area contributed by atoms with Crippen LogP contribution in [0.25, 0.3) is 0 Å². The van der Waals surface area contributed by atoms with E-state index in [1.165, 1.54) is 18.4 Å². The van der Waals surface area contributed by atoms with Crippen molar-refractivity contribution in [1.29, 1.82) is 0 Å². The van der Waals surface area contributed by atoms with Crippen molar-refractivity contribution >= 4 is 17.1 Å². The zero-order valence-corrected chi connectivity index (χ0v) is 10.2. The quantitative estimate of drug-likeness (QED) is 0.800. The number of ketones is 1. The molecular weight excluding hydrogens is 218 g/mol. The van der Waals surface area contributed by atoms with E-state index in [9.17, 15) is 4.79 Å². The Balaban J connectivity index is 1.69. The highest BCUT2D eigenvalue weighted by atomic mass is 32.1. The number of hydrogen-bond acceptors (Lipinski definition) is 3. The second kappa shape index (κ2) is 4.30. The predicted octanol–water partition coefficient (Wildman–Crippen LogP) is 2.83. The summed E-state index contributed by atoms with van der Waals surface area (Å²) in [6.07, 6.45) is 5.33. The Labute approximate surface area is 100 Å². The molecule has 0 N–H and O–H groups in total. The van der Waals surface area contributed by atoms with Crippen LogP contribution in [0.5, 0.6) is 0 Å². The average Bonchev–Trinajstić information content (AvgIpc) is 2.81. The lowest BCUT2D eigenvalue weighted by Gasteiger charge is -2.27. The lowest BCUT2D eigenvalue weighted by Crippen LogP contribution is -2.34. The number of carbonyl (C=O) groups is 1. The molecule has 2 fully saturated rings. The maximum Gasteiger partial charge on any atom is 0.134 e. The van der Waals surface area contributed by atoms with Crippen LogP contribution in [0.3, 0.4) is 0 Å². The van der Waals surface area contributed by atoms with Crippen LogP contribution in [0.2, 0.25) is 0 Å². The van der Waals surface area contributed by atoms with Crippen LogP contribution >= 0.6 is 11.3 Å². The summed E-state index contributed by atoms with van der Waals surface area (Å²) in [5.74, 6) is 0.459. The minimum absolute atomic E-state index is 0.459. The van der Waals surface area contributed by atoms with Gasteiger partial charge in [-0.3, -0.25) is 9.69 Å². The van der Waals surface area contributed by atoms with Gasteiger partial charge in [0.15, 0.2) is 0 Å². The van der Waals surface area contributed by atoms with Gasteiger partial charge < -0.3 is 0 Å². The monoisotopic (exact) mass is 235 g/mol. The van der Waals surface area contributed by atoms with Crippen LogP contribution in [-0.4, -0.2) is 22.8 Å². The van der Waals surface area contributed by atoms with E-state index >= 15 is 0 Å². The van der Waals surface area contributed by atoms with Gasteiger partial charge in [0.1, 0.15) is 5.78 Å². The number of thiophene rings is 1. The van der Waals surface area contributed by atoms with Gasteiger partial charge in [0.25, 0.3) is 0 Å². The molecule has 0 aliphatic heterocycles. The highest BCUT2D eigenvalue weighted by molar-refractivity contribution is 7.07. The minimum Gasteiger partial charge on any atom is -0.300 e. The third kappa shape index (κ3) is 2.20. The summed E-state index contributed by atoms with van der Waals surface area (Å²) in [7, 11) is 0. The number of carbonyl (C=O) groups excluding carboxylic acids is 1. The van der Waals surface area contributed by atoms with Gasteiger partial charge in [-0.2, -0.15) is 11.3 Å². The number of hydrogen-bond donors (Lipinski definition) is 0. The second-order valence-electron chi connectivity index (χ2n) is 4.97. The molecule has 0 spiro atoms. The molecule has 2 saturated carbocycles. The molecule has 16 heavy (non-hydrogen) atoms. The van der Waals surface area contributed by atoms with Gasteiger partial charge in [-0.05, 0) is 41.7 Å². The van der Waals surface area contributed by atoms with Crippen LogP contribution in [0.4, 0.5) is 0 Å². The standard InChI is InChI=1S/C13H17NOS/c15-13-4-3-12(7-13)14(11-1-2-11)8-10-5-6-16-9-10/h5-6,9,11-12H,1-4,7-8H2. The highest BCUT2D eigenvalue weighted by Gasteiger charge is 2.37. The minimum atomic E-state index is 0.459. The normalized spacial score (nSPS) is 25.6. The van der Waals surface area contributed by atoms with Crippen molar-refractivity contribution < 1.29 is 4.79 Å². The zero-order chi connectivity index (χ0) is 11.0. The molecule has 0 radical (unpaired) electrons. The Hall–Kier alpha value is -0.670. The summed E-state index contributed by atoms with van der Waals surface area (Å²) in [5, 5.41) is 4.37. The largest absolute Gasteiger partial charge is 0.300 e. The van der Waals surface area contributed by atoms with Gasteiger partial charge in [0, 0.05) is 31.5 Å². The van der Waals surface area contributed by atoms with Crippen LogP contribution in [-0.2, 0) is 11.3 Å². The molecule has 1 heterocycles. The van der Waals surface area contributed by atoms with E-state index in [1.807, 2.05) is 0 Å². The molecule has 0 bridgehead atoms. The molecule has 3 rings (SSSR count). The highest BCUT2D eigenvalue weighted by Crippen LogP contribution is 2.34. The molecule has 1 aromatic heterocycles. The fourth-order valence-corrected chi connectivity index (χ4v) is 3.29. The Kier molecular flexibility index (Phi) is 2.82. The maximum absolute atomic E-state index is 11.4. The zero-order valence-electron chi connectivity index (χ0n) is 9.39. The number of nitrogens with zero attached hydrogens (tertiary/aromatic N) is 1. The second-order valence-corrected chi connectivity index (χ2v) is 5.75. The molecular formula is C13H17NOS. The third-order valence-electron chi connectivity index (χ3n) is 3.65. The van der Waals surface area contributed by atoms with Crippen LogP contribution in [0.15, 0.2) is 16.8 Å². The first kappa shape index (κ1) is 10.5. The lowest BCUT2D eigenvalue weighted by molar-refractivity contribution is -0.117. The number of Topliss-reactive ketones (excluding diaryl/α,β-unsaturated/α-hetero) is 1. The SMILES string of the molecule is O=C1CCC(N(Cc2ccsc2)C2CC2)C1. The lowest BCUT2D eigenvalue weighted by atomic mass is 10.2. The van der Waals surface area contributed by atoms with Crippen molar-refractivity contribution in [2.75, 3.05) is 0 Å². The molecule has 0 saturated heterocycles. The van der Waals surface area contributed by atoms with Gasteiger partial charge >= 0.3 is 0 Å². The molecule has 1 unspecified atom stereocenters. The first-order valence-electron chi connectivity index (χ1n) is 6.11. The van der Waals surface area contributed by atoms with Crippen molar-refractivity contribution in [3.63, 3.8) is 0 Å². The van der Waals surface area contributed by atoms with Gasteiger partial charge in [-0.25, -0.2) is 0 Å². The summed E-state index contributed by atoms with van der Waals surface area (Å²) in [4.78, 5) is 14.0. The smallest absolute Gasteiger partial charge is 0.134 e. The van der Waals surface area contributed by atoms with E-state index in [1.54, 1.807) is 11.3 Å². The average molecular weight is 235 g/mol. The van der Waals surface area contributed by atoms with Crippen molar-refractivity contribution in [1.82, 2.24) is 4.90 Å². The van der Waals surface area contributed by atoms with E-state index in [4.69, 9.17) is 0 Å². The topological polar surface area (TPSA) is 20.3 Å². The summed E-state index contributed by atoms with van der Waals surface area (Å²) >= 11 is 1.76. The van der Waals surface area contributed by atoms with Crippen molar-refractivity contribution in [2.24, 2.45) is 0 Å². The fraction of sp³-hybridized carbons (Fsp3) is 0.615. The Morgan fingerprint density at radius 2 is 2.19 bits per heavy atom. The van der Waals surface area contributed by atoms with Gasteiger partial charge in [0.2, 0.25) is 0 Å². The molecule has 86 valence electrons. The van der Waals surface area contributed by atoms with E-state index in [0.717, 1.165) is 31.8 Å². The summed E-state index contributed by atoms with van der Waals surface area (Å²) in [5.41, 5.74) is 1.41. The van der Waals surface area contributed by atoms with Gasteiger partial charge in [-0.1, -0.05) is 0 Å². The van der Waals surface area contributed by atoms with E-state index in [-0.39, 0.29) is 0 Å². The molecule has 2 aliphatic carbocycles. The van der Waals surface area contributed by atoms with E-state index in [0.29, 0.717) is 11.8 Å². The van der Waals surface area contributed by atoms with Crippen LogP contribution in [0.1, 0.15) is 37.7 Å².